The van der Waals surface area contributed by atoms with Crippen molar-refractivity contribution in [3.05, 3.63) is 54.3 Å². The fourth-order valence-electron chi connectivity index (χ4n) is 2.58. The van der Waals surface area contributed by atoms with Crippen LogP contribution in [0, 0.1) is 17.8 Å². The number of hydrogen-bond acceptors (Lipinski definition) is 2. The number of ether oxygens (including phenoxy) is 1. The molecule has 1 heterocycles. The molecule has 4 rings (SSSR count). The van der Waals surface area contributed by atoms with Crippen molar-refractivity contribution in [3.8, 4) is 28.7 Å². The van der Waals surface area contributed by atoms with E-state index in [1.807, 2.05) is 36.4 Å². The van der Waals surface area contributed by atoms with E-state index in [9.17, 15) is 0 Å². The van der Waals surface area contributed by atoms with E-state index >= 15 is 0 Å². The van der Waals surface area contributed by atoms with Crippen LogP contribution in [0.1, 0.15) is 18.6 Å². The largest absolute Gasteiger partial charge is 0.497 e. The van der Waals surface area contributed by atoms with Crippen molar-refractivity contribution in [1.82, 2.24) is 0 Å². The summed E-state index contributed by atoms with van der Waals surface area (Å²) in [7, 11) is 1.68. The molecule has 1 saturated carbocycles. The Bertz CT molecular complexity index is 874. The van der Waals surface area contributed by atoms with Crippen molar-refractivity contribution in [2.45, 2.75) is 12.8 Å². The molecule has 0 radical (unpaired) electrons. The van der Waals surface area contributed by atoms with Gasteiger partial charge in [-0.05, 0) is 42.5 Å². The first-order chi connectivity index (χ1) is 10.8. The van der Waals surface area contributed by atoms with E-state index in [4.69, 9.17) is 9.15 Å². The Labute approximate surface area is 129 Å². The second-order valence-corrected chi connectivity index (χ2v) is 5.58. The Hall–Kier alpha value is -2.66. The molecular formula is C20H16O2. The molecule has 22 heavy (non-hydrogen) atoms. The summed E-state index contributed by atoms with van der Waals surface area (Å²) in [5.41, 5.74) is 3.03. The number of furan rings is 1. The topological polar surface area (TPSA) is 22.4 Å². The summed E-state index contributed by atoms with van der Waals surface area (Å²) in [6, 6.07) is 16.1. The zero-order chi connectivity index (χ0) is 14.9. The normalized spacial score (nSPS) is 13.7. The van der Waals surface area contributed by atoms with E-state index in [-0.39, 0.29) is 0 Å². The van der Waals surface area contributed by atoms with Gasteiger partial charge >= 0.3 is 0 Å². The predicted octanol–water partition coefficient (Wildman–Crippen LogP) is 4.87. The first-order valence-corrected chi connectivity index (χ1v) is 7.52. The highest BCUT2D eigenvalue weighted by molar-refractivity contribution is 5.97. The summed E-state index contributed by atoms with van der Waals surface area (Å²) in [6.45, 7) is 0. The summed E-state index contributed by atoms with van der Waals surface area (Å²) in [5, 5.41) is 1.05. The molecule has 0 saturated heterocycles. The van der Waals surface area contributed by atoms with Crippen LogP contribution in [0.15, 0.2) is 52.9 Å². The molecule has 2 heteroatoms. The summed E-state index contributed by atoms with van der Waals surface area (Å²) in [5.74, 6) is 8.67. The van der Waals surface area contributed by atoms with Gasteiger partial charge in [0, 0.05) is 16.9 Å². The molecule has 0 bridgehead atoms. The van der Waals surface area contributed by atoms with E-state index in [0.717, 1.165) is 33.6 Å². The Morgan fingerprint density at radius 1 is 1.09 bits per heavy atom. The smallest absolute Gasteiger partial charge is 0.186 e. The SMILES string of the molecule is COc1ccc2oc(C#CC3CC3)c(-c3ccccc3)c2c1. The lowest BCUT2D eigenvalue weighted by Gasteiger charge is -2.01. The molecule has 3 aromatic rings. The lowest BCUT2D eigenvalue weighted by molar-refractivity contribution is 0.415. The molecule has 0 atom stereocenters. The molecule has 1 fully saturated rings. The third-order valence-electron chi connectivity index (χ3n) is 3.92. The van der Waals surface area contributed by atoms with Gasteiger partial charge in [0.2, 0.25) is 0 Å². The Kier molecular flexibility index (Phi) is 3.12. The van der Waals surface area contributed by atoms with Gasteiger partial charge in [0.15, 0.2) is 5.76 Å². The van der Waals surface area contributed by atoms with Crippen LogP contribution in [0.2, 0.25) is 0 Å². The van der Waals surface area contributed by atoms with Crippen molar-refractivity contribution in [2.75, 3.05) is 7.11 Å². The van der Waals surface area contributed by atoms with E-state index in [1.165, 1.54) is 12.8 Å². The van der Waals surface area contributed by atoms with Crippen molar-refractivity contribution < 1.29 is 9.15 Å². The highest BCUT2D eigenvalue weighted by Crippen LogP contribution is 2.37. The number of rotatable bonds is 2. The zero-order valence-electron chi connectivity index (χ0n) is 12.4. The predicted molar refractivity (Wildman–Crippen MR) is 87.8 cm³/mol. The minimum absolute atomic E-state index is 0.548. The molecule has 1 aliphatic rings. The van der Waals surface area contributed by atoms with Crippen LogP contribution in [0.4, 0.5) is 0 Å². The lowest BCUT2D eigenvalue weighted by Crippen LogP contribution is -1.83. The highest BCUT2D eigenvalue weighted by atomic mass is 16.5. The quantitative estimate of drug-likeness (QED) is 0.628. The van der Waals surface area contributed by atoms with Crippen LogP contribution in [0.3, 0.4) is 0 Å². The van der Waals surface area contributed by atoms with Crippen LogP contribution < -0.4 is 4.74 Å². The maximum Gasteiger partial charge on any atom is 0.186 e. The Morgan fingerprint density at radius 2 is 1.91 bits per heavy atom. The average molecular weight is 288 g/mol. The van der Waals surface area contributed by atoms with Gasteiger partial charge in [0.05, 0.1) is 7.11 Å². The summed E-state index contributed by atoms with van der Waals surface area (Å²) < 4.78 is 11.4. The summed E-state index contributed by atoms with van der Waals surface area (Å²) in [4.78, 5) is 0. The van der Waals surface area contributed by atoms with E-state index in [2.05, 4.69) is 24.0 Å². The molecule has 2 nitrogen and oxygen atoms in total. The third-order valence-corrected chi connectivity index (χ3v) is 3.92. The van der Waals surface area contributed by atoms with Gasteiger partial charge in [0.25, 0.3) is 0 Å². The Balaban J connectivity index is 1.95. The highest BCUT2D eigenvalue weighted by Gasteiger charge is 2.19. The van der Waals surface area contributed by atoms with Gasteiger partial charge in [0.1, 0.15) is 11.3 Å². The number of fused-ring (bicyclic) bond motifs is 1. The molecule has 0 N–H and O–H groups in total. The summed E-state index contributed by atoms with van der Waals surface area (Å²) in [6.07, 6.45) is 2.42. The molecule has 1 aliphatic carbocycles. The van der Waals surface area contributed by atoms with Crippen LogP contribution in [-0.2, 0) is 0 Å². The lowest BCUT2D eigenvalue weighted by atomic mass is 10.0. The summed E-state index contributed by atoms with van der Waals surface area (Å²) >= 11 is 0. The number of hydrogen-bond donors (Lipinski definition) is 0. The van der Waals surface area contributed by atoms with Gasteiger partial charge in [-0.2, -0.15) is 0 Å². The molecule has 0 amide bonds. The van der Waals surface area contributed by atoms with Gasteiger partial charge in [-0.3, -0.25) is 0 Å². The van der Waals surface area contributed by atoms with Crippen molar-refractivity contribution in [2.24, 2.45) is 5.92 Å². The molecule has 108 valence electrons. The van der Waals surface area contributed by atoms with E-state index in [1.54, 1.807) is 7.11 Å². The second-order valence-electron chi connectivity index (χ2n) is 5.58. The fraction of sp³-hybridized carbons (Fsp3) is 0.200. The third kappa shape index (κ3) is 2.35. The van der Waals surface area contributed by atoms with Crippen molar-refractivity contribution in [1.29, 1.82) is 0 Å². The maximum absolute atomic E-state index is 6.00. The van der Waals surface area contributed by atoms with Crippen LogP contribution in [-0.4, -0.2) is 7.11 Å². The standard InChI is InChI=1S/C20H16O2/c1-21-16-10-12-18-17(13-16)20(15-5-3-2-4-6-15)19(22-18)11-9-14-7-8-14/h2-6,10,12-14H,7-8H2,1H3. The fourth-order valence-corrected chi connectivity index (χ4v) is 2.58. The number of methoxy groups -OCH3 is 1. The minimum atomic E-state index is 0.548. The first kappa shape index (κ1) is 13.0. The van der Waals surface area contributed by atoms with Crippen molar-refractivity contribution in [3.63, 3.8) is 0 Å². The van der Waals surface area contributed by atoms with Crippen LogP contribution in [0.25, 0.3) is 22.1 Å². The molecule has 0 unspecified atom stereocenters. The maximum atomic E-state index is 6.00. The first-order valence-electron chi connectivity index (χ1n) is 7.52. The van der Waals surface area contributed by atoms with E-state index in [0.29, 0.717) is 5.92 Å². The molecule has 0 aliphatic heterocycles. The molecular weight excluding hydrogens is 272 g/mol. The van der Waals surface area contributed by atoms with Crippen molar-refractivity contribution >= 4 is 11.0 Å². The van der Waals surface area contributed by atoms with Gasteiger partial charge in [-0.15, -0.1) is 0 Å². The molecule has 1 aromatic heterocycles. The van der Waals surface area contributed by atoms with Gasteiger partial charge in [-0.25, -0.2) is 0 Å². The minimum Gasteiger partial charge on any atom is -0.497 e. The second kappa shape index (κ2) is 5.27. The van der Waals surface area contributed by atoms with Gasteiger partial charge < -0.3 is 9.15 Å². The number of benzene rings is 2. The van der Waals surface area contributed by atoms with Crippen LogP contribution in [0.5, 0.6) is 5.75 Å². The zero-order valence-corrected chi connectivity index (χ0v) is 12.4. The molecule has 2 aromatic carbocycles. The Morgan fingerprint density at radius 3 is 2.64 bits per heavy atom. The van der Waals surface area contributed by atoms with E-state index < -0.39 is 0 Å². The average Bonchev–Trinajstić information content (AvgIpc) is 3.33. The molecule has 0 spiro atoms. The van der Waals surface area contributed by atoms with Gasteiger partial charge in [-0.1, -0.05) is 36.3 Å². The van der Waals surface area contributed by atoms with Crippen LogP contribution >= 0.6 is 0 Å². The monoisotopic (exact) mass is 288 g/mol.